The molecule has 124 valence electrons. The third-order valence-corrected chi connectivity index (χ3v) is 5.87. The highest BCUT2D eigenvalue weighted by Crippen LogP contribution is 2.38. The Bertz CT molecular complexity index is 848. The first-order chi connectivity index (χ1) is 11.8. The second kappa shape index (κ2) is 5.53. The molecule has 5 rings (SSSR count). The van der Waals surface area contributed by atoms with E-state index in [1.54, 1.807) is 11.3 Å². The van der Waals surface area contributed by atoms with Crippen LogP contribution in [0.1, 0.15) is 49.1 Å². The average molecular weight is 341 g/mol. The molecular weight excluding hydrogens is 322 g/mol. The van der Waals surface area contributed by atoms with Gasteiger partial charge < -0.3 is 9.09 Å². The number of hydrogen-bond donors (Lipinski definition) is 0. The summed E-state index contributed by atoms with van der Waals surface area (Å²) in [4.78, 5) is 12.7. The number of thiophene rings is 1. The summed E-state index contributed by atoms with van der Waals surface area (Å²) in [6.07, 6.45) is 5.67. The molecule has 3 aromatic rings. The van der Waals surface area contributed by atoms with Gasteiger partial charge in [0.2, 0.25) is 11.7 Å². The molecule has 4 heterocycles. The van der Waals surface area contributed by atoms with Crippen LogP contribution >= 0.6 is 11.3 Å². The average Bonchev–Trinajstić information content (AvgIpc) is 3.06. The van der Waals surface area contributed by atoms with Crippen molar-refractivity contribution in [2.24, 2.45) is 0 Å². The highest BCUT2D eigenvalue weighted by atomic mass is 32.1. The van der Waals surface area contributed by atoms with Gasteiger partial charge in [0.1, 0.15) is 0 Å². The van der Waals surface area contributed by atoms with Crippen molar-refractivity contribution in [2.45, 2.75) is 44.8 Å². The quantitative estimate of drug-likeness (QED) is 0.727. The first-order valence-electron chi connectivity index (χ1n) is 8.45. The fourth-order valence-electron chi connectivity index (χ4n) is 3.42. The summed E-state index contributed by atoms with van der Waals surface area (Å²) >= 11 is 1.63. The second-order valence-corrected chi connectivity index (χ2v) is 7.55. The second-order valence-electron chi connectivity index (χ2n) is 6.61. The molecule has 0 N–H and O–H groups in total. The van der Waals surface area contributed by atoms with Crippen molar-refractivity contribution in [3.8, 4) is 10.7 Å². The summed E-state index contributed by atoms with van der Waals surface area (Å²) in [6.45, 7) is 3.99. The predicted octanol–water partition coefficient (Wildman–Crippen LogP) is 3.45. The summed E-state index contributed by atoms with van der Waals surface area (Å²) in [7, 11) is 0. The molecule has 1 atom stereocenters. The smallest absolute Gasteiger partial charge is 0.244 e. The summed E-state index contributed by atoms with van der Waals surface area (Å²) in [5, 5.41) is 6.16. The molecule has 2 aliphatic rings. The van der Waals surface area contributed by atoms with Gasteiger partial charge in [0.05, 0.1) is 22.9 Å². The summed E-state index contributed by atoms with van der Waals surface area (Å²) < 4.78 is 7.91. The Morgan fingerprint density at radius 2 is 2.29 bits per heavy atom. The van der Waals surface area contributed by atoms with Gasteiger partial charge in [0.25, 0.3) is 0 Å². The molecule has 0 saturated heterocycles. The molecule has 1 unspecified atom stereocenters. The number of rotatable bonds is 4. The zero-order chi connectivity index (χ0) is 16.1. The van der Waals surface area contributed by atoms with Gasteiger partial charge in [0.15, 0.2) is 0 Å². The van der Waals surface area contributed by atoms with Gasteiger partial charge in [-0.15, -0.1) is 11.3 Å². The molecule has 6 nitrogen and oxygen atoms in total. The van der Waals surface area contributed by atoms with Crippen molar-refractivity contribution in [3.63, 3.8) is 0 Å². The number of nitrogens with zero attached hydrogens (tertiary/aromatic N) is 5. The highest BCUT2D eigenvalue weighted by Gasteiger charge is 2.32. The normalized spacial score (nSPS) is 19.4. The van der Waals surface area contributed by atoms with Crippen molar-refractivity contribution in [1.29, 1.82) is 0 Å². The molecule has 3 aromatic heterocycles. The zero-order valence-corrected chi connectivity index (χ0v) is 14.4. The van der Waals surface area contributed by atoms with E-state index in [9.17, 15) is 0 Å². The number of fused-ring (bicyclic) bond motifs is 1. The van der Waals surface area contributed by atoms with Crippen molar-refractivity contribution >= 4 is 11.3 Å². The van der Waals surface area contributed by atoms with Gasteiger partial charge in [-0.05, 0) is 31.2 Å². The van der Waals surface area contributed by atoms with E-state index >= 15 is 0 Å². The molecule has 1 saturated carbocycles. The van der Waals surface area contributed by atoms with Crippen LogP contribution < -0.4 is 0 Å². The summed E-state index contributed by atoms with van der Waals surface area (Å²) in [5.74, 6) is 1.37. The summed E-state index contributed by atoms with van der Waals surface area (Å²) in [5.41, 5.74) is 2.63. The first kappa shape index (κ1) is 14.4. The van der Waals surface area contributed by atoms with Crippen LogP contribution in [0.15, 0.2) is 28.4 Å². The van der Waals surface area contributed by atoms with E-state index in [1.165, 1.54) is 24.2 Å². The van der Waals surface area contributed by atoms with E-state index in [-0.39, 0.29) is 6.04 Å². The van der Waals surface area contributed by atoms with E-state index in [2.05, 4.69) is 31.5 Å². The molecule has 0 bridgehead atoms. The van der Waals surface area contributed by atoms with Gasteiger partial charge in [-0.2, -0.15) is 4.98 Å². The summed E-state index contributed by atoms with van der Waals surface area (Å²) in [6, 6.07) is 4.82. The van der Waals surface area contributed by atoms with Crippen molar-refractivity contribution in [3.05, 3.63) is 41.1 Å². The van der Waals surface area contributed by atoms with Crippen LogP contribution in [0.25, 0.3) is 10.7 Å². The zero-order valence-electron chi connectivity index (χ0n) is 13.6. The molecule has 1 aliphatic heterocycles. The maximum atomic E-state index is 5.52. The maximum absolute atomic E-state index is 5.52. The Hall–Kier alpha value is -1.99. The Balaban J connectivity index is 1.35. The Morgan fingerprint density at radius 3 is 3.08 bits per heavy atom. The molecule has 7 heteroatoms. The molecule has 0 radical (unpaired) electrons. The fourth-order valence-corrected chi connectivity index (χ4v) is 4.07. The van der Waals surface area contributed by atoms with Crippen LogP contribution in [0.3, 0.4) is 0 Å². The van der Waals surface area contributed by atoms with E-state index < -0.39 is 0 Å². The largest absolute Gasteiger partial charge is 0.337 e. The SMILES string of the molecule is CC(c1nc(-c2cccs2)no1)N1CCc2c(ncn2C2CC2)C1. The van der Waals surface area contributed by atoms with E-state index in [0.29, 0.717) is 17.8 Å². The third kappa shape index (κ3) is 2.39. The van der Waals surface area contributed by atoms with Gasteiger partial charge in [-0.1, -0.05) is 11.2 Å². The topological polar surface area (TPSA) is 60.0 Å². The Labute approximate surface area is 144 Å². The lowest BCUT2D eigenvalue weighted by Crippen LogP contribution is -2.33. The van der Waals surface area contributed by atoms with Gasteiger partial charge >= 0.3 is 0 Å². The number of imidazole rings is 1. The Kier molecular flexibility index (Phi) is 3.31. The van der Waals surface area contributed by atoms with Crippen molar-refractivity contribution in [2.75, 3.05) is 6.54 Å². The Morgan fingerprint density at radius 1 is 1.38 bits per heavy atom. The monoisotopic (exact) mass is 341 g/mol. The van der Waals surface area contributed by atoms with E-state index in [0.717, 1.165) is 24.4 Å². The minimum atomic E-state index is 0.102. The van der Waals surface area contributed by atoms with Gasteiger partial charge in [0, 0.05) is 31.2 Å². The number of hydrogen-bond acceptors (Lipinski definition) is 6. The van der Waals surface area contributed by atoms with Crippen LogP contribution in [-0.4, -0.2) is 31.1 Å². The minimum Gasteiger partial charge on any atom is -0.337 e. The standard InChI is InChI=1S/C17H19N5OS/c1-11(17-19-16(20-23-17)15-3-2-8-24-15)21-7-6-14-13(9-21)18-10-22(14)12-4-5-12/h2-3,8,10-12H,4-7,9H2,1H3. The molecule has 1 fully saturated rings. The molecule has 0 amide bonds. The molecule has 0 spiro atoms. The first-order valence-corrected chi connectivity index (χ1v) is 9.33. The lowest BCUT2D eigenvalue weighted by molar-refractivity contribution is 0.154. The number of aromatic nitrogens is 4. The van der Waals surface area contributed by atoms with Crippen LogP contribution in [0.4, 0.5) is 0 Å². The third-order valence-electron chi connectivity index (χ3n) is 5.00. The van der Waals surface area contributed by atoms with Crippen molar-refractivity contribution in [1.82, 2.24) is 24.6 Å². The van der Waals surface area contributed by atoms with Gasteiger partial charge in [-0.3, -0.25) is 4.90 Å². The molecule has 0 aromatic carbocycles. The van der Waals surface area contributed by atoms with Crippen LogP contribution in [-0.2, 0) is 13.0 Å². The van der Waals surface area contributed by atoms with E-state index in [4.69, 9.17) is 4.52 Å². The highest BCUT2D eigenvalue weighted by molar-refractivity contribution is 7.13. The molecule has 24 heavy (non-hydrogen) atoms. The van der Waals surface area contributed by atoms with Crippen LogP contribution in [0.5, 0.6) is 0 Å². The van der Waals surface area contributed by atoms with Crippen LogP contribution in [0, 0.1) is 0 Å². The minimum absolute atomic E-state index is 0.102. The van der Waals surface area contributed by atoms with Crippen LogP contribution in [0.2, 0.25) is 0 Å². The fraction of sp³-hybridized carbons (Fsp3) is 0.471. The maximum Gasteiger partial charge on any atom is 0.244 e. The van der Waals surface area contributed by atoms with E-state index in [1.807, 2.05) is 23.8 Å². The lowest BCUT2D eigenvalue weighted by atomic mass is 10.1. The van der Waals surface area contributed by atoms with Crippen molar-refractivity contribution < 1.29 is 4.52 Å². The lowest BCUT2D eigenvalue weighted by Gasteiger charge is -2.30. The predicted molar refractivity (Wildman–Crippen MR) is 90.6 cm³/mol. The molecule has 1 aliphatic carbocycles. The molecular formula is C17H19N5OS. The van der Waals surface area contributed by atoms with Gasteiger partial charge in [-0.25, -0.2) is 4.98 Å².